The zero-order valence-corrected chi connectivity index (χ0v) is 15.4. The summed E-state index contributed by atoms with van der Waals surface area (Å²) in [5, 5.41) is 0. The van der Waals surface area contributed by atoms with Gasteiger partial charge in [0.15, 0.2) is 12.4 Å². The van der Waals surface area contributed by atoms with Crippen molar-refractivity contribution in [3.8, 4) is 17.2 Å². The number of methoxy groups -OCH3 is 1. The Labute approximate surface area is 157 Å². The number of esters is 1. The van der Waals surface area contributed by atoms with Crippen LogP contribution in [0.25, 0.3) is 6.08 Å². The van der Waals surface area contributed by atoms with Gasteiger partial charge in [-0.05, 0) is 49.8 Å². The molecule has 0 N–H and O–H groups in total. The molecule has 0 bridgehead atoms. The van der Waals surface area contributed by atoms with E-state index in [0.717, 1.165) is 5.56 Å². The van der Waals surface area contributed by atoms with Crippen molar-refractivity contribution >= 4 is 17.8 Å². The molecule has 0 saturated carbocycles. The summed E-state index contributed by atoms with van der Waals surface area (Å²) in [4.78, 5) is 24.1. The van der Waals surface area contributed by atoms with E-state index in [1.807, 2.05) is 24.3 Å². The van der Waals surface area contributed by atoms with Crippen LogP contribution in [0.4, 0.5) is 0 Å². The highest BCUT2D eigenvalue weighted by Crippen LogP contribution is 2.35. The van der Waals surface area contributed by atoms with Gasteiger partial charge in [0.2, 0.25) is 5.78 Å². The maximum atomic E-state index is 12.5. The summed E-state index contributed by atoms with van der Waals surface area (Å²) in [5.41, 5.74) is 1.24. The van der Waals surface area contributed by atoms with E-state index in [9.17, 15) is 9.59 Å². The molecule has 0 spiro atoms. The number of hydrogen-bond donors (Lipinski definition) is 0. The average molecular weight is 368 g/mol. The maximum Gasteiger partial charge on any atom is 0.344 e. The summed E-state index contributed by atoms with van der Waals surface area (Å²) in [7, 11) is 1.58. The van der Waals surface area contributed by atoms with Crippen LogP contribution in [0.3, 0.4) is 0 Å². The van der Waals surface area contributed by atoms with Gasteiger partial charge in [0, 0.05) is 6.07 Å². The fourth-order valence-electron chi connectivity index (χ4n) is 2.58. The minimum absolute atomic E-state index is 0.202. The Kier molecular flexibility index (Phi) is 5.45. The number of carbonyl (C=O) groups is 2. The van der Waals surface area contributed by atoms with E-state index >= 15 is 0 Å². The molecule has 140 valence electrons. The molecule has 0 aliphatic carbocycles. The molecule has 1 aliphatic heterocycles. The third kappa shape index (κ3) is 4.47. The van der Waals surface area contributed by atoms with E-state index in [2.05, 4.69) is 0 Å². The lowest BCUT2D eigenvalue weighted by molar-refractivity contribution is -0.149. The Hall–Kier alpha value is -3.28. The van der Waals surface area contributed by atoms with Crippen LogP contribution in [0.15, 0.2) is 48.2 Å². The number of ketones is 1. The first-order valence-corrected chi connectivity index (χ1v) is 8.51. The molecule has 1 heterocycles. The van der Waals surface area contributed by atoms with Gasteiger partial charge in [0.1, 0.15) is 17.2 Å². The van der Waals surface area contributed by atoms with Gasteiger partial charge in [-0.2, -0.15) is 0 Å². The lowest BCUT2D eigenvalue weighted by atomic mass is 10.1. The lowest BCUT2D eigenvalue weighted by Gasteiger charge is -2.09. The van der Waals surface area contributed by atoms with Crippen LogP contribution in [0, 0.1) is 0 Å². The molecule has 6 heteroatoms. The number of benzene rings is 2. The molecular weight excluding hydrogens is 348 g/mol. The fourth-order valence-corrected chi connectivity index (χ4v) is 2.58. The Balaban J connectivity index is 1.73. The molecule has 2 aromatic rings. The van der Waals surface area contributed by atoms with Gasteiger partial charge in [0.05, 0.1) is 18.8 Å². The second kappa shape index (κ2) is 7.95. The van der Waals surface area contributed by atoms with Gasteiger partial charge in [-0.3, -0.25) is 4.79 Å². The van der Waals surface area contributed by atoms with Crippen LogP contribution in [0.1, 0.15) is 29.8 Å². The zero-order chi connectivity index (χ0) is 19.4. The zero-order valence-electron chi connectivity index (χ0n) is 15.4. The Morgan fingerprint density at radius 1 is 1.15 bits per heavy atom. The normalized spacial score (nSPS) is 14.1. The summed E-state index contributed by atoms with van der Waals surface area (Å²) in [6.07, 6.45) is 1.46. The van der Waals surface area contributed by atoms with E-state index < -0.39 is 5.97 Å². The average Bonchev–Trinajstić information content (AvgIpc) is 2.94. The van der Waals surface area contributed by atoms with E-state index in [1.165, 1.54) is 0 Å². The summed E-state index contributed by atoms with van der Waals surface area (Å²) in [5.74, 6) is 1.05. The predicted octanol–water partition coefficient (Wildman–Crippen LogP) is 3.64. The first-order chi connectivity index (χ1) is 13.0. The van der Waals surface area contributed by atoms with Gasteiger partial charge >= 0.3 is 5.97 Å². The van der Waals surface area contributed by atoms with Crippen LogP contribution in [0.5, 0.6) is 17.2 Å². The Bertz CT molecular complexity index is 897. The third-order valence-corrected chi connectivity index (χ3v) is 3.76. The van der Waals surface area contributed by atoms with Crippen molar-refractivity contribution in [1.82, 2.24) is 0 Å². The molecule has 1 aliphatic rings. The van der Waals surface area contributed by atoms with Crippen molar-refractivity contribution in [3.05, 3.63) is 59.4 Å². The fraction of sp³-hybridized carbons (Fsp3) is 0.238. The standard InChI is InChI=1S/C21H20O6/c1-13(2)26-20(22)12-25-16-7-8-17-18(11-16)27-19(21(17)23)10-14-5-4-6-15(9-14)24-3/h4-11,13H,12H2,1-3H3. The molecule has 3 rings (SSSR count). The molecule has 0 aromatic heterocycles. The molecule has 0 radical (unpaired) electrons. The van der Waals surface area contributed by atoms with Gasteiger partial charge in [-0.25, -0.2) is 4.79 Å². The van der Waals surface area contributed by atoms with Crippen molar-refractivity contribution in [3.63, 3.8) is 0 Å². The van der Waals surface area contributed by atoms with E-state index in [0.29, 0.717) is 22.8 Å². The van der Waals surface area contributed by atoms with Gasteiger partial charge < -0.3 is 18.9 Å². The first kappa shape index (κ1) is 18.5. The van der Waals surface area contributed by atoms with Crippen molar-refractivity contribution in [2.75, 3.05) is 13.7 Å². The summed E-state index contributed by atoms with van der Waals surface area (Å²) in [6.45, 7) is 3.32. The van der Waals surface area contributed by atoms with Crippen LogP contribution >= 0.6 is 0 Å². The van der Waals surface area contributed by atoms with E-state index in [-0.39, 0.29) is 24.3 Å². The molecular formula is C21H20O6. The minimum atomic E-state index is -0.457. The Morgan fingerprint density at radius 3 is 2.70 bits per heavy atom. The molecule has 0 saturated heterocycles. The topological polar surface area (TPSA) is 71.1 Å². The number of fused-ring (bicyclic) bond motifs is 1. The van der Waals surface area contributed by atoms with Crippen molar-refractivity contribution in [1.29, 1.82) is 0 Å². The number of rotatable bonds is 6. The number of ether oxygens (including phenoxy) is 4. The van der Waals surface area contributed by atoms with Crippen LogP contribution < -0.4 is 14.2 Å². The Morgan fingerprint density at radius 2 is 1.96 bits per heavy atom. The number of Topliss-reactive ketones (excluding diaryl/α,β-unsaturated/α-hetero) is 1. The van der Waals surface area contributed by atoms with Crippen molar-refractivity contribution in [2.24, 2.45) is 0 Å². The second-order valence-corrected chi connectivity index (χ2v) is 6.20. The summed E-state index contributed by atoms with van der Waals surface area (Å²) < 4.78 is 21.3. The largest absolute Gasteiger partial charge is 0.497 e. The van der Waals surface area contributed by atoms with Gasteiger partial charge in [-0.15, -0.1) is 0 Å². The monoisotopic (exact) mass is 368 g/mol. The second-order valence-electron chi connectivity index (χ2n) is 6.20. The van der Waals surface area contributed by atoms with Crippen LogP contribution in [-0.4, -0.2) is 31.6 Å². The smallest absolute Gasteiger partial charge is 0.344 e. The van der Waals surface area contributed by atoms with E-state index in [1.54, 1.807) is 45.2 Å². The van der Waals surface area contributed by atoms with Gasteiger partial charge in [-0.1, -0.05) is 12.1 Å². The molecule has 2 aromatic carbocycles. The number of hydrogen-bond acceptors (Lipinski definition) is 6. The lowest BCUT2D eigenvalue weighted by Crippen LogP contribution is -2.18. The van der Waals surface area contributed by atoms with E-state index in [4.69, 9.17) is 18.9 Å². The molecule has 0 fully saturated rings. The summed E-state index contributed by atoms with van der Waals surface area (Å²) >= 11 is 0. The quantitative estimate of drug-likeness (QED) is 0.573. The maximum absolute atomic E-state index is 12.5. The minimum Gasteiger partial charge on any atom is -0.497 e. The molecule has 0 unspecified atom stereocenters. The molecule has 0 amide bonds. The highest BCUT2D eigenvalue weighted by atomic mass is 16.6. The highest BCUT2D eigenvalue weighted by Gasteiger charge is 2.27. The number of allylic oxidation sites excluding steroid dienone is 1. The SMILES string of the molecule is COc1cccc(C=C2Oc3cc(OCC(=O)OC(C)C)ccc3C2=O)c1. The van der Waals surface area contributed by atoms with Crippen molar-refractivity contribution < 1.29 is 28.5 Å². The first-order valence-electron chi connectivity index (χ1n) is 8.51. The summed E-state index contributed by atoms with van der Waals surface area (Å²) in [6, 6.07) is 12.1. The van der Waals surface area contributed by atoms with Crippen LogP contribution in [0.2, 0.25) is 0 Å². The van der Waals surface area contributed by atoms with Crippen LogP contribution in [-0.2, 0) is 9.53 Å². The highest BCUT2D eigenvalue weighted by molar-refractivity contribution is 6.14. The predicted molar refractivity (Wildman–Crippen MR) is 99.1 cm³/mol. The molecule has 6 nitrogen and oxygen atoms in total. The molecule has 0 atom stereocenters. The van der Waals surface area contributed by atoms with Crippen molar-refractivity contribution in [2.45, 2.75) is 20.0 Å². The molecule has 27 heavy (non-hydrogen) atoms. The number of carbonyl (C=O) groups excluding carboxylic acids is 2. The third-order valence-electron chi connectivity index (χ3n) is 3.76. The van der Waals surface area contributed by atoms with Gasteiger partial charge in [0.25, 0.3) is 0 Å².